The summed E-state index contributed by atoms with van der Waals surface area (Å²) in [5, 5.41) is 3.32. The standard InChI is InChI=1S/C18H21ClN2O4S/c1-12(2)21-26(23,24)17-10-14(7-8-16(17)25-3)18(22)20-11-13-5-4-6-15(19)9-13/h4-10,12,21H,11H2,1-3H3,(H,20,22). The van der Waals surface area contributed by atoms with Crippen LogP contribution in [0, 0.1) is 0 Å². The largest absolute Gasteiger partial charge is 0.495 e. The van der Waals surface area contributed by atoms with Crippen LogP contribution < -0.4 is 14.8 Å². The minimum atomic E-state index is -3.80. The first-order valence-electron chi connectivity index (χ1n) is 7.96. The first-order chi connectivity index (χ1) is 12.2. The van der Waals surface area contributed by atoms with Crippen LogP contribution in [0.15, 0.2) is 47.4 Å². The summed E-state index contributed by atoms with van der Waals surface area (Å²) in [4.78, 5) is 12.3. The summed E-state index contributed by atoms with van der Waals surface area (Å²) in [6.07, 6.45) is 0. The normalized spacial score (nSPS) is 11.4. The molecular formula is C18H21ClN2O4S. The smallest absolute Gasteiger partial charge is 0.251 e. The van der Waals surface area contributed by atoms with E-state index in [1.165, 1.54) is 25.3 Å². The molecule has 0 spiro atoms. The van der Waals surface area contributed by atoms with Crippen LogP contribution in [0.25, 0.3) is 0 Å². The third-order valence-corrected chi connectivity index (χ3v) is 5.36. The number of carbonyl (C=O) groups excluding carboxylic acids is 1. The van der Waals surface area contributed by atoms with E-state index in [4.69, 9.17) is 16.3 Å². The minimum absolute atomic E-state index is 0.0795. The number of amides is 1. The predicted molar refractivity (Wildman–Crippen MR) is 101 cm³/mol. The minimum Gasteiger partial charge on any atom is -0.495 e. The molecule has 26 heavy (non-hydrogen) atoms. The monoisotopic (exact) mass is 396 g/mol. The summed E-state index contributed by atoms with van der Waals surface area (Å²) in [7, 11) is -2.43. The molecule has 1 amide bonds. The first-order valence-corrected chi connectivity index (χ1v) is 9.82. The molecular weight excluding hydrogens is 376 g/mol. The van der Waals surface area contributed by atoms with Crippen LogP contribution in [0.4, 0.5) is 0 Å². The molecule has 140 valence electrons. The lowest BCUT2D eigenvalue weighted by atomic mass is 10.2. The van der Waals surface area contributed by atoms with Crippen molar-refractivity contribution < 1.29 is 17.9 Å². The van der Waals surface area contributed by atoms with Crippen molar-refractivity contribution in [1.82, 2.24) is 10.0 Å². The Morgan fingerprint density at radius 2 is 1.92 bits per heavy atom. The number of benzene rings is 2. The van der Waals surface area contributed by atoms with Gasteiger partial charge in [0.15, 0.2) is 0 Å². The molecule has 0 aliphatic heterocycles. The molecule has 0 fully saturated rings. The highest BCUT2D eigenvalue weighted by atomic mass is 35.5. The lowest BCUT2D eigenvalue weighted by molar-refractivity contribution is 0.0950. The number of sulfonamides is 1. The summed E-state index contributed by atoms with van der Waals surface area (Å²) in [5.41, 5.74) is 1.06. The van der Waals surface area contributed by atoms with Crippen molar-refractivity contribution in [1.29, 1.82) is 0 Å². The zero-order chi connectivity index (χ0) is 19.3. The van der Waals surface area contributed by atoms with Crippen molar-refractivity contribution >= 4 is 27.5 Å². The number of carbonyl (C=O) groups is 1. The molecule has 0 radical (unpaired) electrons. The molecule has 6 nitrogen and oxygen atoms in total. The zero-order valence-corrected chi connectivity index (χ0v) is 16.3. The van der Waals surface area contributed by atoms with Gasteiger partial charge in [-0.1, -0.05) is 23.7 Å². The number of rotatable bonds is 7. The van der Waals surface area contributed by atoms with E-state index in [1.807, 2.05) is 6.07 Å². The van der Waals surface area contributed by atoms with Gasteiger partial charge in [0.1, 0.15) is 10.6 Å². The van der Waals surface area contributed by atoms with Crippen molar-refractivity contribution in [3.8, 4) is 5.75 Å². The summed E-state index contributed by atoms with van der Waals surface area (Å²) in [6, 6.07) is 11.1. The fourth-order valence-electron chi connectivity index (χ4n) is 2.33. The second-order valence-corrected chi connectivity index (χ2v) is 8.07. The molecule has 0 aromatic heterocycles. The maximum Gasteiger partial charge on any atom is 0.251 e. The van der Waals surface area contributed by atoms with Crippen molar-refractivity contribution in [2.75, 3.05) is 7.11 Å². The van der Waals surface area contributed by atoms with Crippen LogP contribution in [0.3, 0.4) is 0 Å². The quantitative estimate of drug-likeness (QED) is 0.753. The Bertz CT molecular complexity index is 898. The number of methoxy groups -OCH3 is 1. The molecule has 8 heteroatoms. The Balaban J connectivity index is 2.24. The van der Waals surface area contributed by atoms with Crippen LogP contribution in [-0.4, -0.2) is 27.5 Å². The van der Waals surface area contributed by atoms with E-state index < -0.39 is 15.9 Å². The van der Waals surface area contributed by atoms with Gasteiger partial charge in [-0.05, 0) is 49.7 Å². The van der Waals surface area contributed by atoms with Gasteiger partial charge in [0.2, 0.25) is 10.0 Å². The average Bonchev–Trinajstić information content (AvgIpc) is 2.58. The van der Waals surface area contributed by atoms with Gasteiger partial charge < -0.3 is 10.1 Å². The fraction of sp³-hybridized carbons (Fsp3) is 0.278. The van der Waals surface area contributed by atoms with E-state index in [0.29, 0.717) is 5.02 Å². The lowest BCUT2D eigenvalue weighted by Crippen LogP contribution is -2.31. The predicted octanol–water partition coefficient (Wildman–Crippen LogP) is 2.97. The number of nitrogens with one attached hydrogen (secondary N) is 2. The highest BCUT2D eigenvalue weighted by Gasteiger charge is 2.22. The molecule has 2 aromatic carbocycles. The molecule has 2 aromatic rings. The van der Waals surface area contributed by atoms with E-state index in [0.717, 1.165) is 5.56 Å². The highest BCUT2D eigenvalue weighted by Crippen LogP contribution is 2.25. The van der Waals surface area contributed by atoms with Crippen molar-refractivity contribution in [2.45, 2.75) is 31.3 Å². The van der Waals surface area contributed by atoms with E-state index in [-0.39, 0.29) is 28.8 Å². The summed E-state index contributed by atoms with van der Waals surface area (Å²) in [5.74, 6) is -0.224. The Kier molecular flexibility index (Phi) is 6.63. The fourth-order valence-corrected chi connectivity index (χ4v) is 3.99. The molecule has 0 heterocycles. The van der Waals surface area contributed by atoms with Crippen LogP contribution in [0.1, 0.15) is 29.8 Å². The molecule has 0 saturated heterocycles. The van der Waals surface area contributed by atoms with Crippen molar-refractivity contribution in [3.63, 3.8) is 0 Å². The lowest BCUT2D eigenvalue weighted by Gasteiger charge is -2.14. The Hall–Kier alpha value is -2.09. The molecule has 0 aliphatic carbocycles. The van der Waals surface area contributed by atoms with Crippen molar-refractivity contribution in [2.24, 2.45) is 0 Å². The third kappa shape index (κ3) is 5.20. The molecule has 0 bridgehead atoms. The van der Waals surface area contributed by atoms with Crippen LogP contribution in [0.2, 0.25) is 5.02 Å². The van der Waals surface area contributed by atoms with Gasteiger partial charge in [0.25, 0.3) is 5.91 Å². The van der Waals surface area contributed by atoms with E-state index >= 15 is 0 Å². The third-order valence-electron chi connectivity index (χ3n) is 3.45. The van der Waals surface area contributed by atoms with Gasteiger partial charge in [0, 0.05) is 23.2 Å². The van der Waals surface area contributed by atoms with Crippen LogP contribution >= 0.6 is 11.6 Å². The summed E-state index contributed by atoms with van der Waals surface area (Å²) < 4.78 is 32.6. The van der Waals surface area contributed by atoms with E-state index in [2.05, 4.69) is 10.0 Å². The maximum atomic E-state index is 12.5. The highest BCUT2D eigenvalue weighted by molar-refractivity contribution is 7.89. The second-order valence-electron chi connectivity index (χ2n) is 5.95. The van der Waals surface area contributed by atoms with Gasteiger partial charge in [-0.25, -0.2) is 13.1 Å². The number of halogens is 1. The van der Waals surface area contributed by atoms with Crippen LogP contribution in [0.5, 0.6) is 5.75 Å². The van der Waals surface area contributed by atoms with Gasteiger partial charge >= 0.3 is 0 Å². The molecule has 0 unspecified atom stereocenters. The van der Waals surface area contributed by atoms with Gasteiger partial charge in [-0.15, -0.1) is 0 Å². The number of hydrogen-bond donors (Lipinski definition) is 2. The Morgan fingerprint density at radius 3 is 2.54 bits per heavy atom. The molecule has 0 aliphatic rings. The Labute approximate surface area is 158 Å². The molecule has 0 saturated carbocycles. The van der Waals surface area contributed by atoms with Gasteiger partial charge in [0.05, 0.1) is 7.11 Å². The first kappa shape index (κ1) is 20.2. The average molecular weight is 397 g/mol. The van der Waals surface area contributed by atoms with Crippen LogP contribution in [-0.2, 0) is 16.6 Å². The zero-order valence-electron chi connectivity index (χ0n) is 14.7. The van der Waals surface area contributed by atoms with Gasteiger partial charge in [-0.2, -0.15) is 0 Å². The topological polar surface area (TPSA) is 84.5 Å². The molecule has 2 rings (SSSR count). The van der Waals surface area contributed by atoms with Gasteiger partial charge in [-0.3, -0.25) is 4.79 Å². The number of hydrogen-bond acceptors (Lipinski definition) is 4. The van der Waals surface area contributed by atoms with E-state index in [1.54, 1.807) is 32.0 Å². The SMILES string of the molecule is COc1ccc(C(=O)NCc2cccc(Cl)c2)cc1S(=O)(=O)NC(C)C. The summed E-state index contributed by atoms with van der Waals surface area (Å²) in [6.45, 7) is 3.70. The molecule has 0 atom stereocenters. The number of ether oxygens (including phenoxy) is 1. The maximum absolute atomic E-state index is 12.5. The summed E-state index contributed by atoms with van der Waals surface area (Å²) >= 11 is 5.92. The van der Waals surface area contributed by atoms with E-state index in [9.17, 15) is 13.2 Å². The second kappa shape index (κ2) is 8.53. The Morgan fingerprint density at radius 1 is 1.19 bits per heavy atom. The van der Waals surface area contributed by atoms with Crippen molar-refractivity contribution in [3.05, 3.63) is 58.6 Å². The molecule has 2 N–H and O–H groups in total.